The van der Waals surface area contributed by atoms with E-state index < -0.39 is 0 Å². The summed E-state index contributed by atoms with van der Waals surface area (Å²) in [4.78, 5) is 25.3. The average Bonchev–Trinajstić information content (AvgIpc) is 3.65. The van der Waals surface area contributed by atoms with Gasteiger partial charge in [-0.25, -0.2) is 0 Å². The highest BCUT2D eigenvalue weighted by Gasteiger charge is 2.43. The number of carbonyl (C=O) groups excluding carboxylic acids is 2. The van der Waals surface area contributed by atoms with Crippen molar-refractivity contribution >= 4 is 39.9 Å². The van der Waals surface area contributed by atoms with Crippen LogP contribution in [0.25, 0.3) is 10.8 Å². The standard InChI is InChI=1S/C27H28ClN3O2/c28-25-3-1-2-18-8-9-21(14-23(18)25)31-27(33)24-15-22(24)19-4-6-20(7-5-19)26(32)30-16-17-10-12-29-13-11-17/h1-9,14,17,22,24,29H,10-13,15-16H2,(H,30,32)(H,31,33)/t22-,24+/m0/s1. The van der Waals surface area contributed by atoms with Crippen LogP contribution >= 0.6 is 11.6 Å². The van der Waals surface area contributed by atoms with Crippen molar-refractivity contribution in [3.63, 3.8) is 0 Å². The number of amides is 2. The number of halogens is 1. The van der Waals surface area contributed by atoms with E-state index in [2.05, 4.69) is 16.0 Å². The molecule has 5 nitrogen and oxygen atoms in total. The van der Waals surface area contributed by atoms with Crippen molar-refractivity contribution in [2.75, 3.05) is 25.0 Å². The summed E-state index contributed by atoms with van der Waals surface area (Å²) in [6.07, 6.45) is 3.04. The average molecular weight is 462 g/mol. The maximum Gasteiger partial charge on any atom is 0.251 e. The minimum atomic E-state index is -0.0495. The van der Waals surface area contributed by atoms with Crippen molar-refractivity contribution in [1.82, 2.24) is 10.6 Å². The first-order valence-electron chi connectivity index (χ1n) is 11.7. The fourth-order valence-electron chi connectivity index (χ4n) is 4.71. The molecule has 3 aromatic carbocycles. The van der Waals surface area contributed by atoms with E-state index in [0.29, 0.717) is 16.5 Å². The van der Waals surface area contributed by atoms with Gasteiger partial charge in [-0.05, 0) is 85.5 Å². The minimum Gasteiger partial charge on any atom is -0.352 e. The van der Waals surface area contributed by atoms with Gasteiger partial charge >= 0.3 is 0 Å². The Kier molecular flexibility index (Phi) is 6.34. The van der Waals surface area contributed by atoms with Gasteiger partial charge < -0.3 is 16.0 Å². The van der Waals surface area contributed by atoms with Gasteiger partial charge in [-0.1, -0.05) is 41.9 Å². The highest BCUT2D eigenvalue weighted by atomic mass is 35.5. The Morgan fingerprint density at radius 2 is 1.79 bits per heavy atom. The van der Waals surface area contributed by atoms with Gasteiger partial charge in [-0.3, -0.25) is 9.59 Å². The Balaban J connectivity index is 1.16. The lowest BCUT2D eigenvalue weighted by Crippen LogP contribution is -2.35. The zero-order valence-corrected chi connectivity index (χ0v) is 19.2. The predicted molar refractivity (Wildman–Crippen MR) is 133 cm³/mol. The molecule has 3 N–H and O–H groups in total. The summed E-state index contributed by atoms with van der Waals surface area (Å²) in [6, 6.07) is 19.3. The smallest absolute Gasteiger partial charge is 0.251 e. The number of carbonyl (C=O) groups is 2. The van der Waals surface area contributed by atoms with E-state index in [1.807, 2.05) is 60.7 Å². The molecule has 6 heteroatoms. The number of hydrogen-bond acceptors (Lipinski definition) is 3. The quantitative estimate of drug-likeness (QED) is 0.485. The number of piperidine rings is 1. The third kappa shape index (κ3) is 5.05. The molecule has 1 aliphatic carbocycles. The van der Waals surface area contributed by atoms with Crippen molar-refractivity contribution < 1.29 is 9.59 Å². The molecule has 1 saturated heterocycles. The first kappa shape index (κ1) is 21.9. The van der Waals surface area contributed by atoms with Crippen LogP contribution in [0.4, 0.5) is 5.69 Å². The maximum absolute atomic E-state index is 12.8. The minimum absolute atomic E-state index is 0.0233. The van der Waals surface area contributed by atoms with Crippen LogP contribution in [0, 0.1) is 11.8 Å². The summed E-state index contributed by atoms with van der Waals surface area (Å²) in [5.74, 6) is 0.696. The lowest BCUT2D eigenvalue weighted by Gasteiger charge is -2.22. The number of benzene rings is 3. The fraction of sp³-hybridized carbons (Fsp3) is 0.333. The zero-order chi connectivity index (χ0) is 22.8. The number of rotatable bonds is 6. The number of fused-ring (bicyclic) bond motifs is 1. The summed E-state index contributed by atoms with van der Waals surface area (Å²) >= 11 is 6.29. The molecule has 170 valence electrons. The molecule has 0 spiro atoms. The summed E-state index contributed by atoms with van der Waals surface area (Å²) in [6.45, 7) is 2.78. The summed E-state index contributed by atoms with van der Waals surface area (Å²) in [7, 11) is 0. The van der Waals surface area contributed by atoms with E-state index in [4.69, 9.17) is 11.6 Å². The van der Waals surface area contributed by atoms with E-state index in [0.717, 1.165) is 60.9 Å². The van der Waals surface area contributed by atoms with Crippen molar-refractivity contribution in [3.8, 4) is 0 Å². The fourth-order valence-corrected chi connectivity index (χ4v) is 4.94. The third-order valence-corrected chi connectivity index (χ3v) is 7.16. The van der Waals surface area contributed by atoms with Crippen molar-refractivity contribution in [1.29, 1.82) is 0 Å². The first-order chi connectivity index (χ1) is 16.1. The van der Waals surface area contributed by atoms with Gasteiger partial charge in [-0.2, -0.15) is 0 Å². The van der Waals surface area contributed by atoms with Crippen LogP contribution in [0.2, 0.25) is 5.02 Å². The Morgan fingerprint density at radius 3 is 2.58 bits per heavy atom. The highest BCUT2D eigenvalue weighted by Crippen LogP contribution is 2.48. The molecular formula is C27H28ClN3O2. The topological polar surface area (TPSA) is 70.2 Å². The van der Waals surface area contributed by atoms with Gasteiger partial charge in [0.15, 0.2) is 0 Å². The van der Waals surface area contributed by atoms with Crippen molar-refractivity contribution in [2.24, 2.45) is 11.8 Å². The van der Waals surface area contributed by atoms with Crippen molar-refractivity contribution in [3.05, 3.63) is 76.8 Å². The molecule has 2 atom stereocenters. The molecule has 1 aliphatic heterocycles. The van der Waals surface area contributed by atoms with E-state index in [9.17, 15) is 9.59 Å². The second kappa shape index (κ2) is 9.54. The molecule has 5 rings (SSSR count). The Bertz CT molecular complexity index is 1170. The van der Waals surface area contributed by atoms with Crippen LogP contribution in [0.1, 0.15) is 41.1 Å². The second-order valence-electron chi connectivity index (χ2n) is 9.14. The SMILES string of the molecule is O=C(NCC1CCNCC1)c1ccc([C@@H]2C[C@H]2C(=O)Nc2ccc3cccc(Cl)c3c2)cc1. The molecule has 1 saturated carbocycles. The summed E-state index contributed by atoms with van der Waals surface area (Å²) < 4.78 is 0. The van der Waals surface area contributed by atoms with Gasteiger partial charge in [0.25, 0.3) is 5.91 Å². The molecule has 2 fully saturated rings. The number of hydrogen-bond donors (Lipinski definition) is 3. The van der Waals surface area contributed by atoms with Crippen LogP contribution in [0.5, 0.6) is 0 Å². The molecule has 0 unspecified atom stereocenters. The monoisotopic (exact) mass is 461 g/mol. The van der Waals surface area contributed by atoms with Crippen LogP contribution in [0.3, 0.4) is 0 Å². The third-order valence-electron chi connectivity index (χ3n) is 6.83. The molecule has 2 amide bonds. The Labute approximate surface area is 198 Å². The lowest BCUT2D eigenvalue weighted by molar-refractivity contribution is -0.117. The van der Waals surface area contributed by atoms with E-state index >= 15 is 0 Å². The van der Waals surface area contributed by atoms with Gasteiger partial charge in [0.2, 0.25) is 5.91 Å². The van der Waals surface area contributed by atoms with Crippen molar-refractivity contribution in [2.45, 2.75) is 25.2 Å². The summed E-state index contributed by atoms with van der Waals surface area (Å²) in [5.41, 5.74) is 2.53. The lowest BCUT2D eigenvalue weighted by atomic mass is 9.98. The van der Waals surface area contributed by atoms with E-state index in [1.54, 1.807) is 0 Å². The van der Waals surface area contributed by atoms with E-state index in [1.165, 1.54) is 0 Å². The normalized spacial score (nSPS) is 20.4. The molecule has 0 aromatic heterocycles. The van der Waals surface area contributed by atoms with E-state index in [-0.39, 0.29) is 23.7 Å². The summed E-state index contributed by atoms with van der Waals surface area (Å²) in [5, 5.41) is 12.1. The molecule has 0 radical (unpaired) electrons. The van der Waals surface area contributed by atoms with Crippen LogP contribution in [-0.2, 0) is 4.79 Å². The predicted octanol–water partition coefficient (Wildman–Crippen LogP) is 4.96. The van der Waals surface area contributed by atoms with Gasteiger partial charge in [0.05, 0.1) is 0 Å². The zero-order valence-electron chi connectivity index (χ0n) is 18.4. The molecular weight excluding hydrogens is 434 g/mol. The van der Waals surface area contributed by atoms with Crippen LogP contribution in [-0.4, -0.2) is 31.4 Å². The number of nitrogens with one attached hydrogen (secondary N) is 3. The van der Waals surface area contributed by atoms with Gasteiger partial charge in [0.1, 0.15) is 0 Å². The number of anilines is 1. The second-order valence-corrected chi connectivity index (χ2v) is 9.55. The van der Waals surface area contributed by atoms with Crippen LogP contribution < -0.4 is 16.0 Å². The largest absolute Gasteiger partial charge is 0.352 e. The van der Waals surface area contributed by atoms with Gasteiger partial charge in [0, 0.05) is 34.1 Å². The molecule has 33 heavy (non-hydrogen) atoms. The molecule has 3 aromatic rings. The maximum atomic E-state index is 12.8. The van der Waals surface area contributed by atoms with Crippen LogP contribution in [0.15, 0.2) is 60.7 Å². The molecule has 0 bridgehead atoms. The molecule has 2 aliphatic rings. The first-order valence-corrected chi connectivity index (χ1v) is 12.0. The Morgan fingerprint density at radius 1 is 1.00 bits per heavy atom. The molecule has 1 heterocycles. The van der Waals surface area contributed by atoms with Gasteiger partial charge in [-0.15, -0.1) is 0 Å². The highest BCUT2D eigenvalue weighted by molar-refractivity contribution is 6.35. The Hall–Kier alpha value is -2.89.